The lowest BCUT2D eigenvalue weighted by Gasteiger charge is -2.09. The summed E-state index contributed by atoms with van der Waals surface area (Å²) in [7, 11) is 0. The van der Waals surface area contributed by atoms with Gasteiger partial charge >= 0.3 is 0 Å². The summed E-state index contributed by atoms with van der Waals surface area (Å²) in [6.07, 6.45) is 8.41. The van der Waals surface area contributed by atoms with E-state index in [1.54, 1.807) is 0 Å². The van der Waals surface area contributed by atoms with Gasteiger partial charge in [0.25, 0.3) is 0 Å². The second-order valence-electron chi connectivity index (χ2n) is 6.43. The first kappa shape index (κ1) is 18.5. The Kier molecular flexibility index (Phi) is 7.80. The molecule has 24 heavy (non-hydrogen) atoms. The van der Waals surface area contributed by atoms with Gasteiger partial charge < -0.3 is 9.88 Å². The quantitative estimate of drug-likeness (QED) is 0.618. The lowest BCUT2D eigenvalue weighted by atomic mass is 10.2. The third-order valence-electron chi connectivity index (χ3n) is 4.35. The molecule has 0 fully saturated rings. The molecule has 0 saturated heterocycles. The van der Waals surface area contributed by atoms with Gasteiger partial charge in [-0.15, -0.1) is 0 Å². The zero-order chi connectivity index (χ0) is 17.2. The average Bonchev–Trinajstić information content (AvgIpc) is 2.93. The maximum Gasteiger partial charge on any atom is 0.219 e. The molecule has 2 rings (SSSR count). The van der Waals surface area contributed by atoms with Crippen LogP contribution in [0.5, 0.6) is 0 Å². The van der Waals surface area contributed by atoms with Crippen molar-refractivity contribution in [2.24, 2.45) is 0 Å². The van der Waals surface area contributed by atoms with Gasteiger partial charge in [-0.2, -0.15) is 0 Å². The number of amides is 1. The van der Waals surface area contributed by atoms with Crippen molar-refractivity contribution in [3.63, 3.8) is 0 Å². The fourth-order valence-electron chi connectivity index (χ4n) is 3.05. The number of aromatic nitrogens is 2. The number of para-hydroxylation sites is 2. The van der Waals surface area contributed by atoms with Crippen LogP contribution >= 0.6 is 0 Å². The highest BCUT2D eigenvalue weighted by Gasteiger charge is 2.10. The molecule has 4 heteroatoms. The van der Waals surface area contributed by atoms with Crippen LogP contribution in [0, 0.1) is 0 Å². The van der Waals surface area contributed by atoms with E-state index in [9.17, 15) is 4.79 Å². The van der Waals surface area contributed by atoms with E-state index < -0.39 is 0 Å². The summed E-state index contributed by atoms with van der Waals surface area (Å²) < 4.78 is 2.37. The Balaban J connectivity index is 1.95. The molecular weight excluding hydrogens is 298 g/mol. The van der Waals surface area contributed by atoms with E-state index in [4.69, 9.17) is 4.98 Å². The third kappa shape index (κ3) is 5.36. The Morgan fingerprint density at radius 3 is 2.71 bits per heavy atom. The minimum atomic E-state index is 0.158. The maximum atomic E-state index is 11.5. The summed E-state index contributed by atoms with van der Waals surface area (Å²) in [6, 6.07) is 8.38. The lowest BCUT2D eigenvalue weighted by molar-refractivity contribution is -0.121. The molecule has 0 aliphatic heterocycles. The van der Waals surface area contributed by atoms with E-state index in [2.05, 4.69) is 35.0 Å². The SMILES string of the molecule is CCCCCCn1c(CCCNC(=O)CCC)nc2ccccc21. The molecule has 1 aromatic carbocycles. The van der Waals surface area contributed by atoms with E-state index in [0.717, 1.165) is 43.7 Å². The molecule has 2 aromatic rings. The highest BCUT2D eigenvalue weighted by molar-refractivity contribution is 5.76. The van der Waals surface area contributed by atoms with Gasteiger partial charge in [0.05, 0.1) is 11.0 Å². The van der Waals surface area contributed by atoms with Crippen LogP contribution in [0.2, 0.25) is 0 Å². The largest absolute Gasteiger partial charge is 0.356 e. The highest BCUT2D eigenvalue weighted by Crippen LogP contribution is 2.18. The second kappa shape index (κ2) is 10.1. The minimum absolute atomic E-state index is 0.158. The van der Waals surface area contributed by atoms with E-state index in [-0.39, 0.29) is 5.91 Å². The third-order valence-corrected chi connectivity index (χ3v) is 4.35. The normalized spacial score (nSPS) is 11.1. The predicted molar refractivity (Wildman–Crippen MR) is 100 cm³/mol. The predicted octanol–water partition coefficient (Wildman–Crippen LogP) is 4.47. The summed E-state index contributed by atoms with van der Waals surface area (Å²) in [5, 5.41) is 2.99. The first-order valence-corrected chi connectivity index (χ1v) is 9.47. The molecule has 1 heterocycles. The van der Waals surface area contributed by atoms with Gasteiger partial charge in [0.1, 0.15) is 5.82 Å². The first-order chi connectivity index (χ1) is 11.8. The van der Waals surface area contributed by atoms with Crippen molar-refractivity contribution in [3.05, 3.63) is 30.1 Å². The fraction of sp³-hybridized carbons (Fsp3) is 0.600. The Hall–Kier alpha value is -1.84. The van der Waals surface area contributed by atoms with Gasteiger partial charge in [-0.1, -0.05) is 45.2 Å². The number of fused-ring (bicyclic) bond motifs is 1. The van der Waals surface area contributed by atoms with E-state index in [0.29, 0.717) is 6.42 Å². The molecule has 0 aliphatic rings. The van der Waals surface area contributed by atoms with Gasteiger partial charge in [0.2, 0.25) is 5.91 Å². The number of carbonyl (C=O) groups is 1. The van der Waals surface area contributed by atoms with Crippen LogP contribution in [0.3, 0.4) is 0 Å². The Morgan fingerprint density at radius 2 is 1.92 bits per heavy atom. The minimum Gasteiger partial charge on any atom is -0.356 e. The Bertz CT molecular complexity index is 633. The maximum absolute atomic E-state index is 11.5. The summed E-state index contributed by atoms with van der Waals surface area (Å²) in [5.74, 6) is 1.31. The molecule has 1 N–H and O–H groups in total. The van der Waals surface area contributed by atoms with Crippen molar-refractivity contribution in [3.8, 4) is 0 Å². The van der Waals surface area contributed by atoms with Gasteiger partial charge in [0, 0.05) is 25.9 Å². The van der Waals surface area contributed by atoms with Crippen molar-refractivity contribution >= 4 is 16.9 Å². The monoisotopic (exact) mass is 329 g/mol. The molecule has 4 nitrogen and oxygen atoms in total. The summed E-state index contributed by atoms with van der Waals surface area (Å²) in [4.78, 5) is 16.3. The van der Waals surface area contributed by atoms with Crippen molar-refractivity contribution in [2.45, 2.75) is 71.8 Å². The number of benzene rings is 1. The van der Waals surface area contributed by atoms with Gasteiger partial charge in [0.15, 0.2) is 0 Å². The molecule has 132 valence electrons. The molecule has 1 aromatic heterocycles. The topological polar surface area (TPSA) is 46.9 Å². The van der Waals surface area contributed by atoms with Gasteiger partial charge in [-0.05, 0) is 31.4 Å². The fourth-order valence-corrected chi connectivity index (χ4v) is 3.05. The van der Waals surface area contributed by atoms with E-state index in [1.807, 2.05) is 13.0 Å². The number of rotatable bonds is 11. The van der Waals surface area contributed by atoms with Crippen LogP contribution in [0.1, 0.15) is 64.6 Å². The van der Waals surface area contributed by atoms with Crippen LogP contribution in [0.4, 0.5) is 0 Å². The Morgan fingerprint density at radius 1 is 1.08 bits per heavy atom. The summed E-state index contributed by atoms with van der Waals surface area (Å²) in [5.41, 5.74) is 2.32. The zero-order valence-electron chi connectivity index (χ0n) is 15.2. The van der Waals surface area contributed by atoms with Crippen molar-refractivity contribution < 1.29 is 4.79 Å². The standard InChI is InChI=1S/C20H31N3O/c1-3-5-6-9-16-23-18-13-8-7-12-17(18)22-19(23)14-10-15-21-20(24)11-4-2/h7-8,12-13H,3-6,9-11,14-16H2,1-2H3,(H,21,24). The number of aryl methyl sites for hydroxylation is 2. The van der Waals surface area contributed by atoms with Crippen LogP contribution < -0.4 is 5.32 Å². The molecular formula is C20H31N3O. The van der Waals surface area contributed by atoms with Crippen LogP contribution in [-0.4, -0.2) is 22.0 Å². The second-order valence-corrected chi connectivity index (χ2v) is 6.43. The molecule has 0 bridgehead atoms. The first-order valence-electron chi connectivity index (χ1n) is 9.47. The van der Waals surface area contributed by atoms with Crippen molar-refractivity contribution in [1.82, 2.24) is 14.9 Å². The smallest absolute Gasteiger partial charge is 0.219 e. The van der Waals surface area contributed by atoms with Gasteiger partial charge in [-0.3, -0.25) is 4.79 Å². The molecule has 0 spiro atoms. The number of nitrogens with zero attached hydrogens (tertiary/aromatic N) is 2. The van der Waals surface area contributed by atoms with Crippen molar-refractivity contribution in [1.29, 1.82) is 0 Å². The molecule has 0 unspecified atom stereocenters. The van der Waals surface area contributed by atoms with Crippen LogP contribution in [-0.2, 0) is 17.8 Å². The molecule has 0 aliphatic carbocycles. The number of hydrogen-bond acceptors (Lipinski definition) is 2. The average molecular weight is 329 g/mol. The number of imidazole rings is 1. The number of unbranched alkanes of at least 4 members (excludes halogenated alkanes) is 3. The van der Waals surface area contributed by atoms with Crippen LogP contribution in [0.15, 0.2) is 24.3 Å². The van der Waals surface area contributed by atoms with E-state index >= 15 is 0 Å². The van der Waals surface area contributed by atoms with Crippen molar-refractivity contribution in [2.75, 3.05) is 6.54 Å². The molecule has 1 amide bonds. The van der Waals surface area contributed by atoms with Gasteiger partial charge in [-0.25, -0.2) is 4.98 Å². The molecule has 0 saturated carbocycles. The highest BCUT2D eigenvalue weighted by atomic mass is 16.1. The summed E-state index contributed by atoms with van der Waals surface area (Å²) >= 11 is 0. The van der Waals surface area contributed by atoms with E-state index in [1.165, 1.54) is 31.2 Å². The Labute approximate surface area is 145 Å². The number of hydrogen-bond donors (Lipinski definition) is 1. The van der Waals surface area contributed by atoms with Crippen LogP contribution in [0.25, 0.3) is 11.0 Å². The zero-order valence-corrected chi connectivity index (χ0v) is 15.2. The molecule has 0 atom stereocenters. The summed E-state index contributed by atoms with van der Waals surface area (Å²) in [6.45, 7) is 6.04. The number of carbonyl (C=O) groups excluding carboxylic acids is 1. The lowest BCUT2D eigenvalue weighted by Crippen LogP contribution is -2.24. The number of nitrogens with one attached hydrogen (secondary N) is 1. The molecule has 0 radical (unpaired) electrons.